The van der Waals surface area contributed by atoms with E-state index >= 15 is 0 Å². The highest BCUT2D eigenvalue weighted by atomic mass is 32.1. The molecule has 1 aromatic heterocycles. The lowest BCUT2D eigenvalue weighted by Gasteiger charge is -2.08. The second-order valence-electron chi connectivity index (χ2n) is 5.28. The van der Waals surface area contributed by atoms with Gasteiger partial charge in [-0.3, -0.25) is 10.1 Å². The van der Waals surface area contributed by atoms with Crippen molar-refractivity contribution < 1.29 is 14.5 Å². The first-order valence-electron chi connectivity index (χ1n) is 7.51. The number of carbonyl (C=O) groups is 1. The normalized spacial score (nSPS) is 12.4. The van der Waals surface area contributed by atoms with Gasteiger partial charge in [-0.05, 0) is 42.8 Å². The Balaban J connectivity index is 1.63. The van der Waals surface area contributed by atoms with Gasteiger partial charge in [-0.1, -0.05) is 12.1 Å². The van der Waals surface area contributed by atoms with Gasteiger partial charge in [0, 0.05) is 18.2 Å². The number of aromatic nitrogens is 1. The summed E-state index contributed by atoms with van der Waals surface area (Å²) in [5, 5.41) is 11.3. The number of hydrogen-bond acceptors (Lipinski definition) is 6. The number of nitrogens with zero attached hydrogens (tertiary/aromatic N) is 2. The van der Waals surface area contributed by atoms with Crippen LogP contribution in [0.1, 0.15) is 23.6 Å². The van der Waals surface area contributed by atoms with E-state index in [0.29, 0.717) is 5.56 Å². The lowest BCUT2D eigenvalue weighted by Crippen LogP contribution is -2.05. The van der Waals surface area contributed by atoms with Gasteiger partial charge in [0.25, 0.3) is 5.69 Å². The number of rotatable bonds is 5. The number of para-hydroxylation sites is 1. The number of non-ortho nitro benzene ring substituents is 1. The summed E-state index contributed by atoms with van der Waals surface area (Å²) in [7, 11) is 0. The number of fused-ring (bicyclic) bond motifs is 1. The van der Waals surface area contributed by atoms with Crippen LogP contribution in [0.3, 0.4) is 0 Å². The van der Waals surface area contributed by atoms with E-state index in [4.69, 9.17) is 4.74 Å². The van der Waals surface area contributed by atoms with Crippen LogP contribution in [-0.4, -0.2) is 15.9 Å². The van der Waals surface area contributed by atoms with Gasteiger partial charge in [0.2, 0.25) is 0 Å². The summed E-state index contributed by atoms with van der Waals surface area (Å²) >= 11 is 1.49. The minimum Gasteiger partial charge on any atom is -0.452 e. The fraction of sp³-hybridized carbons (Fsp3) is 0.111. The van der Waals surface area contributed by atoms with E-state index in [1.54, 1.807) is 25.1 Å². The summed E-state index contributed by atoms with van der Waals surface area (Å²) in [5.74, 6) is -0.495. The molecule has 0 saturated heterocycles. The zero-order valence-electron chi connectivity index (χ0n) is 13.3. The van der Waals surface area contributed by atoms with Crippen molar-refractivity contribution in [3.63, 3.8) is 0 Å². The fourth-order valence-corrected chi connectivity index (χ4v) is 3.15. The third kappa shape index (κ3) is 4.07. The molecule has 0 aliphatic heterocycles. The van der Waals surface area contributed by atoms with Gasteiger partial charge in [-0.2, -0.15) is 0 Å². The molecular formula is C18H14N2O4S. The Hall–Kier alpha value is -3.06. The summed E-state index contributed by atoms with van der Waals surface area (Å²) in [6.45, 7) is 1.77. The van der Waals surface area contributed by atoms with Crippen molar-refractivity contribution in [2.75, 3.05) is 0 Å². The van der Waals surface area contributed by atoms with Gasteiger partial charge in [-0.25, -0.2) is 9.78 Å². The number of nitro benzene ring substituents is 1. The molecule has 1 heterocycles. The van der Waals surface area contributed by atoms with E-state index in [2.05, 4.69) is 4.98 Å². The SMILES string of the molecule is CC(OC(=O)/C=C/c1ccc([N+](=O)[O-])cc1)c1nc2ccccc2s1. The van der Waals surface area contributed by atoms with Gasteiger partial charge in [0.1, 0.15) is 5.01 Å². The van der Waals surface area contributed by atoms with Gasteiger partial charge < -0.3 is 4.74 Å². The van der Waals surface area contributed by atoms with E-state index in [1.165, 1.54) is 29.5 Å². The van der Waals surface area contributed by atoms with Crippen molar-refractivity contribution in [1.82, 2.24) is 4.98 Å². The molecule has 0 fully saturated rings. The smallest absolute Gasteiger partial charge is 0.331 e. The van der Waals surface area contributed by atoms with Gasteiger partial charge in [-0.15, -0.1) is 11.3 Å². The third-order valence-corrected chi connectivity index (χ3v) is 4.66. The molecule has 0 spiro atoms. The summed E-state index contributed by atoms with van der Waals surface area (Å²) in [4.78, 5) is 26.6. The Bertz CT molecular complexity index is 914. The van der Waals surface area contributed by atoms with Crippen molar-refractivity contribution in [2.45, 2.75) is 13.0 Å². The van der Waals surface area contributed by atoms with Crippen LogP contribution in [0.15, 0.2) is 54.6 Å². The summed E-state index contributed by atoms with van der Waals surface area (Å²) in [5.41, 5.74) is 1.56. The Morgan fingerprint density at radius 2 is 1.96 bits per heavy atom. The molecule has 126 valence electrons. The molecule has 0 amide bonds. The first-order valence-corrected chi connectivity index (χ1v) is 8.33. The number of benzene rings is 2. The standard InChI is InChI=1S/C18H14N2O4S/c1-12(18-19-15-4-2-3-5-16(15)25-18)24-17(21)11-8-13-6-9-14(10-7-13)20(22)23/h2-12H,1H3/b11-8+. The van der Waals surface area contributed by atoms with Crippen LogP contribution >= 0.6 is 11.3 Å². The van der Waals surface area contributed by atoms with Crippen molar-refractivity contribution in [3.8, 4) is 0 Å². The molecule has 6 nitrogen and oxygen atoms in total. The first-order chi connectivity index (χ1) is 12.0. The molecular weight excluding hydrogens is 340 g/mol. The molecule has 3 aromatic rings. The minimum atomic E-state index is -0.495. The monoisotopic (exact) mass is 354 g/mol. The van der Waals surface area contributed by atoms with Crippen LogP contribution in [0.5, 0.6) is 0 Å². The van der Waals surface area contributed by atoms with Crippen LogP contribution in [0.2, 0.25) is 0 Å². The maximum atomic E-state index is 12.0. The zero-order valence-corrected chi connectivity index (χ0v) is 14.1. The zero-order chi connectivity index (χ0) is 17.8. The maximum absolute atomic E-state index is 12.0. The molecule has 1 atom stereocenters. The number of carbonyl (C=O) groups excluding carboxylic acids is 1. The Labute approximate surface area is 147 Å². The number of thiazole rings is 1. The fourth-order valence-electron chi connectivity index (χ4n) is 2.20. The number of nitro groups is 1. The second kappa shape index (κ2) is 7.23. The number of esters is 1. The van der Waals surface area contributed by atoms with Crippen molar-refractivity contribution in [3.05, 3.63) is 75.3 Å². The molecule has 0 bridgehead atoms. The molecule has 2 aromatic carbocycles. The summed E-state index contributed by atoms with van der Waals surface area (Å²) < 4.78 is 6.41. The van der Waals surface area contributed by atoms with Crippen LogP contribution in [0.25, 0.3) is 16.3 Å². The Morgan fingerprint density at radius 1 is 1.24 bits per heavy atom. The topological polar surface area (TPSA) is 82.3 Å². The summed E-state index contributed by atoms with van der Waals surface area (Å²) in [6, 6.07) is 13.6. The van der Waals surface area contributed by atoms with E-state index < -0.39 is 17.0 Å². The largest absolute Gasteiger partial charge is 0.452 e. The van der Waals surface area contributed by atoms with Gasteiger partial charge in [0.15, 0.2) is 6.10 Å². The quantitative estimate of drug-likeness (QED) is 0.291. The van der Waals surface area contributed by atoms with Crippen molar-refractivity contribution in [1.29, 1.82) is 0 Å². The average molecular weight is 354 g/mol. The molecule has 0 aliphatic carbocycles. The molecule has 0 radical (unpaired) electrons. The predicted octanol–water partition coefficient (Wildman–Crippen LogP) is 4.52. The molecule has 0 N–H and O–H groups in total. The van der Waals surface area contributed by atoms with E-state index in [0.717, 1.165) is 15.2 Å². The molecule has 7 heteroatoms. The van der Waals surface area contributed by atoms with Crippen LogP contribution in [0, 0.1) is 10.1 Å². The molecule has 0 saturated carbocycles. The van der Waals surface area contributed by atoms with E-state index in [1.807, 2.05) is 24.3 Å². The van der Waals surface area contributed by atoms with Crippen molar-refractivity contribution in [2.24, 2.45) is 0 Å². The molecule has 3 rings (SSSR count). The van der Waals surface area contributed by atoms with Crippen LogP contribution in [-0.2, 0) is 9.53 Å². The van der Waals surface area contributed by atoms with Crippen LogP contribution in [0.4, 0.5) is 5.69 Å². The van der Waals surface area contributed by atoms with Crippen LogP contribution < -0.4 is 0 Å². The van der Waals surface area contributed by atoms with Gasteiger partial charge >= 0.3 is 5.97 Å². The van der Waals surface area contributed by atoms with Gasteiger partial charge in [0.05, 0.1) is 15.1 Å². The number of ether oxygens (including phenoxy) is 1. The third-order valence-electron chi connectivity index (χ3n) is 3.47. The molecule has 0 aliphatic rings. The highest BCUT2D eigenvalue weighted by Gasteiger charge is 2.14. The van der Waals surface area contributed by atoms with E-state index in [-0.39, 0.29) is 5.69 Å². The lowest BCUT2D eigenvalue weighted by atomic mass is 10.2. The highest BCUT2D eigenvalue weighted by molar-refractivity contribution is 7.18. The Morgan fingerprint density at radius 3 is 2.64 bits per heavy atom. The molecule has 25 heavy (non-hydrogen) atoms. The minimum absolute atomic E-state index is 0.00387. The maximum Gasteiger partial charge on any atom is 0.331 e. The first kappa shape index (κ1) is 16.8. The van der Waals surface area contributed by atoms with E-state index in [9.17, 15) is 14.9 Å². The molecule has 1 unspecified atom stereocenters. The second-order valence-corrected chi connectivity index (χ2v) is 6.34. The van der Waals surface area contributed by atoms with Crippen molar-refractivity contribution >= 4 is 39.3 Å². The Kier molecular flexibility index (Phi) is 4.85. The highest BCUT2D eigenvalue weighted by Crippen LogP contribution is 2.28. The predicted molar refractivity (Wildman–Crippen MR) is 96.3 cm³/mol. The lowest BCUT2D eigenvalue weighted by molar-refractivity contribution is -0.384. The summed E-state index contributed by atoms with van der Waals surface area (Å²) in [6.07, 6.45) is 2.40. The number of hydrogen-bond donors (Lipinski definition) is 0. The average Bonchev–Trinajstić information content (AvgIpc) is 3.04.